The molecule has 1 fully saturated rings. The minimum absolute atomic E-state index is 0.0410. The highest BCUT2D eigenvalue weighted by Crippen LogP contribution is 2.35. The SMILES string of the molecule is O=C(CSc1nnc([C@H]2COc3ccccc3O2)o1)N1CCOCC1. The number of morpholine rings is 1. The minimum Gasteiger partial charge on any atom is -0.485 e. The first-order chi connectivity index (χ1) is 12.3. The quantitative estimate of drug-likeness (QED) is 0.756. The summed E-state index contributed by atoms with van der Waals surface area (Å²) >= 11 is 1.22. The summed E-state index contributed by atoms with van der Waals surface area (Å²) in [6.45, 7) is 2.72. The van der Waals surface area contributed by atoms with Gasteiger partial charge in [0.25, 0.3) is 11.1 Å². The number of fused-ring (bicyclic) bond motifs is 1. The van der Waals surface area contributed by atoms with Crippen LogP contribution in [-0.4, -0.2) is 59.7 Å². The molecule has 132 valence electrons. The summed E-state index contributed by atoms with van der Waals surface area (Å²) < 4.78 is 22.3. The van der Waals surface area contributed by atoms with E-state index in [1.807, 2.05) is 24.3 Å². The minimum atomic E-state index is -0.452. The molecule has 0 saturated carbocycles. The normalized spacial score (nSPS) is 19.7. The first kappa shape index (κ1) is 16.2. The lowest BCUT2D eigenvalue weighted by Crippen LogP contribution is -2.41. The van der Waals surface area contributed by atoms with E-state index < -0.39 is 6.10 Å². The molecule has 1 atom stereocenters. The maximum absolute atomic E-state index is 12.1. The number of amides is 1. The van der Waals surface area contributed by atoms with Gasteiger partial charge in [-0.3, -0.25) is 4.79 Å². The lowest BCUT2D eigenvalue weighted by molar-refractivity contribution is -0.132. The van der Waals surface area contributed by atoms with E-state index in [1.54, 1.807) is 4.90 Å². The van der Waals surface area contributed by atoms with E-state index in [9.17, 15) is 4.79 Å². The molecule has 0 bridgehead atoms. The Morgan fingerprint density at radius 2 is 2.00 bits per heavy atom. The monoisotopic (exact) mass is 363 g/mol. The second kappa shape index (κ2) is 7.32. The van der Waals surface area contributed by atoms with Crippen LogP contribution in [0.25, 0.3) is 0 Å². The van der Waals surface area contributed by atoms with Gasteiger partial charge in [-0.25, -0.2) is 0 Å². The molecule has 0 N–H and O–H groups in total. The molecule has 3 heterocycles. The Kier molecular flexibility index (Phi) is 4.75. The molecule has 2 aliphatic heterocycles. The number of carbonyl (C=O) groups is 1. The van der Waals surface area contributed by atoms with Crippen molar-refractivity contribution in [2.75, 3.05) is 38.7 Å². The van der Waals surface area contributed by atoms with Gasteiger partial charge >= 0.3 is 0 Å². The van der Waals surface area contributed by atoms with Gasteiger partial charge in [0, 0.05) is 13.1 Å². The molecule has 0 aliphatic carbocycles. The number of rotatable bonds is 4. The van der Waals surface area contributed by atoms with E-state index >= 15 is 0 Å². The standard InChI is InChI=1S/C16H17N3O5S/c20-14(19-5-7-21-8-6-19)10-25-16-18-17-15(24-16)13-9-22-11-3-1-2-4-12(11)23-13/h1-4,13H,5-10H2/t13-/m1/s1. The van der Waals surface area contributed by atoms with Crippen molar-refractivity contribution in [2.45, 2.75) is 11.3 Å². The Bertz CT molecular complexity index is 747. The zero-order valence-corrected chi connectivity index (χ0v) is 14.2. The van der Waals surface area contributed by atoms with Crippen molar-refractivity contribution in [3.05, 3.63) is 30.2 Å². The molecular formula is C16H17N3O5S. The number of nitrogens with zero attached hydrogens (tertiary/aromatic N) is 3. The fourth-order valence-corrected chi connectivity index (χ4v) is 3.25. The third-order valence-electron chi connectivity index (χ3n) is 3.89. The van der Waals surface area contributed by atoms with Crippen molar-refractivity contribution in [2.24, 2.45) is 0 Å². The van der Waals surface area contributed by atoms with E-state index in [1.165, 1.54) is 11.8 Å². The largest absolute Gasteiger partial charge is 0.485 e. The molecule has 1 saturated heterocycles. The summed E-state index contributed by atoms with van der Waals surface area (Å²) in [5, 5.41) is 8.34. The van der Waals surface area contributed by atoms with Crippen LogP contribution in [0.1, 0.15) is 12.0 Å². The fourth-order valence-electron chi connectivity index (χ4n) is 2.58. The second-order valence-corrected chi connectivity index (χ2v) is 6.48. The van der Waals surface area contributed by atoms with Gasteiger partial charge in [-0.1, -0.05) is 23.9 Å². The van der Waals surface area contributed by atoms with Gasteiger partial charge in [0.1, 0.15) is 6.61 Å². The van der Waals surface area contributed by atoms with Crippen molar-refractivity contribution in [3.63, 3.8) is 0 Å². The van der Waals surface area contributed by atoms with Gasteiger partial charge in [-0.05, 0) is 12.1 Å². The van der Waals surface area contributed by atoms with Crippen molar-refractivity contribution in [3.8, 4) is 11.5 Å². The summed E-state index contributed by atoms with van der Waals surface area (Å²) in [6.07, 6.45) is -0.452. The summed E-state index contributed by atoms with van der Waals surface area (Å²) in [5.74, 6) is 1.99. The first-order valence-corrected chi connectivity index (χ1v) is 8.98. The molecule has 4 rings (SSSR count). The van der Waals surface area contributed by atoms with Gasteiger partial charge in [-0.15, -0.1) is 10.2 Å². The average molecular weight is 363 g/mol. The van der Waals surface area contributed by atoms with Crippen LogP contribution in [0.15, 0.2) is 33.9 Å². The number of aromatic nitrogens is 2. The second-order valence-electron chi connectivity index (χ2n) is 5.55. The highest BCUT2D eigenvalue weighted by atomic mass is 32.2. The topological polar surface area (TPSA) is 86.9 Å². The summed E-state index contributed by atoms with van der Waals surface area (Å²) in [4.78, 5) is 13.9. The number of hydrogen-bond acceptors (Lipinski definition) is 8. The molecule has 1 aromatic carbocycles. The fraction of sp³-hybridized carbons (Fsp3) is 0.438. The Hall–Kier alpha value is -2.26. The number of benzene rings is 1. The van der Waals surface area contributed by atoms with E-state index in [0.29, 0.717) is 55.5 Å². The summed E-state index contributed by atoms with van der Waals surface area (Å²) in [5.41, 5.74) is 0. The van der Waals surface area contributed by atoms with Crippen LogP contribution in [0.3, 0.4) is 0 Å². The number of carbonyl (C=O) groups excluding carboxylic acids is 1. The van der Waals surface area contributed by atoms with E-state index in [4.69, 9.17) is 18.6 Å². The number of hydrogen-bond donors (Lipinski definition) is 0. The maximum atomic E-state index is 12.1. The van der Waals surface area contributed by atoms with Gasteiger partial charge in [0.2, 0.25) is 12.0 Å². The first-order valence-electron chi connectivity index (χ1n) is 8.00. The smallest absolute Gasteiger partial charge is 0.277 e. The van der Waals surface area contributed by atoms with Gasteiger partial charge < -0.3 is 23.5 Å². The van der Waals surface area contributed by atoms with E-state index in [0.717, 1.165) is 0 Å². The predicted octanol–water partition coefficient (Wildman–Crippen LogP) is 1.53. The van der Waals surface area contributed by atoms with Gasteiger partial charge in [0.05, 0.1) is 19.0 Å². The molecule has 1 aromatic heterocycles. The Labute approximate surface area is 148 Å². The van der Waals surface area contributed by atoms with Crippen LogP contribution in [0.2, 0.25) is 0 Å². The zero-order chi connectivity index (χ0) is 17.1. The lowest BCUT2D eigenvalue weighted by Gasteiger charge is -2.26. The highest BCUT2D eigenvalue weighted by Gasteiger charge is 2.27. The molecule has 0 radical (unpaired) electrons. The van der Waals surface area contributed by atoms with Crippen LogP contribution < -0.4 is 9.47 Å². The van der Waals surface area contributed by atoms with Crippen LogP contribution in [0.4, 0.5) is 0 Å². The van der Waals surface area contributed by atoms with Crippen LogP contribution in [0.5, 0.6) is 11.5 Å². The average Bonchev–Trinajstić information content (AvgIpc) is 3.15. The maximum Gasteiger partial charge on any atom is 0.277 e. The van der Waals surface area contributed by atoms with Crippen molar-refractivity contribution in [1.82, 2.24) is 15.1 Å². The molecule has 25 heavy (non-hydrogen) atoms. The van der Waals surface area contributed by atoms with Crippen molar-refractivity contribution >= 4 is 17.7 Å². The van der Waals surface area contributed by atoms with Crippen LogP contribution >= 0.6 is 11.8 Å². The number of para-hydroxylation sites is 2. The molecule has 2 aliphatic rings. The molecule has 1 amide bonds. The Morgan fingerprint density at radius 3 is 2.84 bits per heavy atom. The van der Waals surface area contributed by atoms with Crippen molar-refractivity contribution in [1.29, 1.82) is 0 Å². The summed E-state index contributed by atoms with van der Waals surface area (Å²) in [6, 6.07) is 7.43. The van der Waals surface area contributed by atoms with Gasteiger partial charge in [-0.2, -0.15) is 0 Å². The van der Waals surface area contributed by atoms with Crippen molar-refractivity contribution < 1.29 is 23.4 Å². The third-order valence-corrected chi connectivity index (χ3v) is 4.69. The number of thioether (sulfide) groups is 1. The van der Waals surface area contributed by atoms with Crippen LogP contribution in [0, 0.1) is 0 Å². The predicted molar refractivity (Wildman–Crippen MR) is 87.7 cm³/mol. The third kappa shape index (κ3) is 3.72. The molecule has 0 spiro atoms. The van der Waals surface area contributed by atoms with Gasteiger partial charge in [0.15, 0.2) is 11.5 Å². The molecular weight excluding hydrogens is 346 g/mol. The summed E-state index contributed by atoms with van der Waals surface area (Å²) in [7, 11) is 0. The van der Waals surface area contributed by atoms with E-state index in [2.05, 4.69) is 10.2 Å². The highest BCUT2D eigenvalue weighted by molar-refractivity contribution is 7.99. The lowest BCUT2D eigenvalue weighted by atomic mass is 10.2. The Balaban J connectivity index is 1.34. The Morgan fingerprint density at radius 1 is 1.20 bits per heavy atom. The molecule has 0 unspecified atom stereocenters. The molecule has 9 heteroatoms. The van der Waals surface area contributed by atoms with Crippen LogP contribution in [-0.2, 0) is 9.53 Å². The molecule has 2 aromatic rings. The zero-order valence-electron chi connectivity index (χ0n) is 13.4. The van der Waals surface area contributed by atoms with E-state index in [-0.39, 0.29) is 11.7 Å². The number of ether oxygens (including phenoxy) is 3. The molecule has 8 nitrogen and oxygen atoms in total.